The zero-order valence-electron chi connectivity index (χ0n) is 11.8. The lowest BCUT2D eigenvalue weighted by atomic mass is 10.1. The molecular formula is C13H16IN4OP. The number of halogens is 1. The third-order valence-electron chi connectivity index (χ3n) is 2.82. The molecule has 0 saturated carbocycles. The summed E-state index contributed by atoms with van der Waals surface area (Å²) >= 11 is 2.30. The summed E-state index contributed by atoms with van der Waals surface area (Å²) in [5.41, 5.74) is 4.58. The summed E-state index contributed by atoms with van der Waals surface area (Å²) in [5.74, 6) is 0. The topological polar surface area (TPSA) is 56.7 Å². The quantitative estimate of drug-likeness (QED) is 0.467. The van der Waals surface area contributed by atoms with Crippen LogP contribution in [0.15, 0.2) is 22.9 Å². The maximum Gasteiger partial charge on any atom is 0.162 e. The molecule has 0 aliphatic heterocycles. The van der Waals surface area contributed by atoms with E-state index in [2.05, 4.69) is 43.3 Å². The number of aryl methyl sites for hydroxylation is 2. The number of rotatable bonds is 2. The average Bonchev–Trinajstić information content (AvgIpc) is 3.04. The standard InChI is InChI=1S/C11H10IN4OP.C2H6/c1-6-8-3-4-10(9-5-17-15-7(9)2)13-11(8)16(14-6)18-12;1-2/h3-5,18H,1-2H3;1-2H3. The first-order valence-corrected chi connectivity index (χ1v) is 10.4. The first-order chi connectivity index (χ1) is 9.70. The Morgan fingerprint density at radius 3 is 2.55 bits per heavy atom. The first kappa shape index (κ1) is 15.4. The van der Waals surface area contributed by atoms with Gasteiger partial charge >= 0.3 is 0 Å². The van der Waals surface area contributed by atoms with Gasteiger partial charge in [-0.2, -0.15) is 5.10 Å². The third-order valence-corrected chi connectivity index (χ3v) is 4.66. The number of fused-ring (bicyclic) bond motifs is 1. The van der Waals surface area contributed by atoms with Crippen LogP contribution in [0.25, 0.3) is 22.3 Å². The van der Waals surface area contributed by atoms with Crippen molar-refractivity contribution in [1.29, 1.82) is 0 Å². The van der Waals surface area contributed by atoms with Crippen molar-refractivity contribution in [3.05, 3.63) is 29.8 Å². The molecule has 0 spiro atoms. The second kappa shape index (κ2) is 6.63. The molecule has 3 aromatic heterocycles. The Hall–Kier alpha value is -1.01. The van der Waals surface area contributed by atoms with Gasteiger partial charge in [0.15, 0.2) is 5.65 Å². The van der Waals surface area contributed by atoms with E-state index >= 15 is 0 Å². The highest BCUT2D eigenvalue weighted by Crippen LogP contribution is 2.31. The van der Waals surface area contributed by atoms with Crippen LogP contribution in [0.1, 0.15) is 25.2 Å². The summed E-state index contributed by atoms with van der Waals surface area (Å²) in [5, 5.41) is 9.45. The van der Waals surface area contributed by atoms with Crippen molar-refractivity contribution in [2.45, 2.75) is 27.7 Å². The molecule has 0 saturated heterocycles. The van der Waals surface area contributed by atoms with Crippen LogP contribution >= 0.6 is 28.4 Å². The molecule has 0 aliphatic rings. The second-order valence-corrected chi connectivity index (χ2v) is 6.00. The van der Waals surface area contributed by atoms with Gasteiger partial charge in [-0.25, -0.2) is 9.44 Å². The summed E-state index contributed by atoms with van der Waals surface area (Å²) in [4.78, 5) is 4.67. The van der Waals surface area contributed by atoms with Gasteiger partial charge in [0, 0.05) is 5.39 Å². The van der Waals surface area contributed by atoms with E-state index in [4.69, 9.17) is 4.52 Å². The zero-order valence-corrected chi connectivity index (χ0v) is 15.0. The summed E-state index contributed by atoms with van der Waals surface area (Å²) in [6.45, 7) is 7.91. The lowest BCUT2D eigenvalue weighted by molar-refractivity contribution is 0.415. The number of hydrogen-bond acceptors (Lipinski definition) is 4. The van der Waals surface area contributed by atoms with Crippen LogP contribution in [0, 0.1) is 13.8 Å². The molecule has 3 heterocycles. The maximum atomic E-state index is 4.96. The minimum atomic E-state index is 0.537. The van der Waals surface area contributed by atoms with Crippen LogP contribution < -0.4 is 0 Å². The molecule has 0 N–H and O–H groups in total. The average molecular weight is 402 g/mol. The highest BCUT2D eigenvalue weighted by Gasteiger charge is 2.12. The van der Waals surface area contributed by atoms with E-state index < -0.39 is 0 Å². The number of aromatic nitrogens is 4. The van der Waals surface area contributed by atoms with E-state index in [0.717, 1.165) is 33.7 Å². The maximum absolute atomic E-state index is 4.96. The Kier molecular flexibility index (Phi) is 5.10. The molecule has 1 atom stereocenters. The van der Waals surface area contributed by atoms with Gasteiger partial charge in [-0.3, -0.25) is 0 Å². The van der Waals surface area contributed by atoms with Crippen LogP contribution in [0.5, 0.6) is 0 Å². The Bertz CT molecular complexity index is 722. The summed E-state index contributed by atoms with van der Waals surface area (Å²) in [7, 11) is 0. The van der Waals surface area contributed by atoms with E-state index in [-0.39, 0.29) is 0 Å². The minimum Gasteiger partial charge on any atom is -0.364 e. The van der Waals surface area contributed by atoms with Crippen molar-refractivity contribution in [2.24, 2.45) is 0 Å². The largest absolute Gasteiger partial charge is 0.364 e. The highest BCUT2D eigenvalue weighted by molar-refractivity contribution is 14.2. The van der Waals surface area contributed by atoms with Gasteiger partial charge in [0.2, 0.25) is 0 Å². The second-order valence-electron chi connectivity index (χ2n) is 3.96. The van der Waals surface area contributed by atoms with E-state index in [0.29, 0.717) is 6.37 Å². The van der Waals surface area contributed by atoms with Gasteiger partial charge in [-0.1, -0.05) is 19.0 Å². The van der Waals surface area contributed by atoms with Crippen LogP contribution in [-0.4, -0.2) is 19.7 Å². The minimum absolute atomic E-state index is 0.537. The normalized spacial score (nSPS) is 11.1. The van der Waals surface area contributed by atoms with Crippen LogP contribution in [0.3, 0.4) is 0 Å². The highest BCUT2D eigenvalue weighted by atomic mass is 127. The fraction of sp³-hybridized carbons (Fsp3) is 0.308. The first-order valence-electron chi connectivity index (χ1n) is 6.35. The zero-order chi connectivity index (χ0) is 14.7. The molecule has 0 fully saturated rings. The molecule has 5 nitrogen and oxygen atoms in total. The lowest BCUT2D eigenvalue weighted by Crippen LogP contribution is -1.89. The molecule has 0 bridgehead atoms. The molecule has 3 aromatic rings. The van der Waals surface area contributed by atoms with E-state index in [9.17, 15) is 0 Å². The number of hydrogen-bond donors (Lipinski definition) is 0. The molecule has 3 rings (SSSR count). The van der Waals surface area contributed by atoms with Crippen LogP contribution in [-0.2, 0) is 0 Å². The molecule has 1 unspecified atom stereocenters. The molecule has 0 amide bonds. The van der Waals surface area contributed by atoms with Crippen molar-refractivity contribution in [2.75, 3.05) is 0 Å². The van der Waals surface area contributed by atoms with Gasteiger partial charge in [0.1, 0.15) is 6.26 Å². The van der Waals surface area contributed by atoms with E-state index in [1.165, 1.54) is 0 Å². The van der Waals surface area contributed by atoms with Crippen LogP contribution in [0.4, 0.5) is 0 Å². The predicted molar refractivity (Wildman–Crippen MR) is 91.6 cm³/mol. The van der Waals surface area contributed by atoms with Crippen molar-refractivity contribution in [3.63, 3.8) is 0 Å². The fourth-order valence-electron chi connectivity index (χ4n) is 1.89. The van der Waals surface area contributed by atoms with Gasteiger partial charge < -0.3 is 4.52 Å². The molecule has 0 radical (unpaired) electrons. The van der Waals surface area contributed by atoms with Crippen molar-refractivity contribution in [3.8, 4) is 11.3 Å². The lowest BCUT2D eigenvalue weighted by Gasteiger charge is -2.00. The SMILES string of the molecule is CC.Cc1nocc1-c1ccc2c(C)nn(PI)c2n1. The number of nitrogens with zero attached hydrogens (tertiary/aromatic N) is 4. The van der Waals surface area contributed by atoms with Crippen molar-refractivity contribution < 1.29 is 4.52 Å². The summed E-state index contributed by atoms with van der Waals surface area (Å²) in [6.07, 6.45) is 2.17. The van der Waals surface area contributed by atoms with Gasteiger partial charge in [0.05, 0.1) is 29.0 Å². The van der Waals surface area contributed by atoms with Crippen molar-refractivity contribution in [1.82, 2.24) is 19.7 Å². The monoisotopic (exact) mass is 402 g/mol. The van der Waals surface area contributed by atoms with Gasteiger partial charge in [-0.05, 0) is 48.0 Å². The summed E-state index contributed by atoms with van der Waals surface area (Å²) < 4.78 is 6.89. The molecule has 0 aliphatic carbocycles. The molecule has 20 heavy (non-hydrogen) atoms. The Balaban J connectivity index is 0.000000704. The number of pyridine rings is 1. The predicted octanol–water partition coefficient (Wildman–Crippen LogP) is 4.52. The Morgan fingerprint density at radius 2 is 1.95 bits per heavy atom. The van der Waals surface area contributed by atoms with Gasteiger partial charge in [-0.15, -0.1) is 0 Å². The molecule has 0 aromatic carbocycles. The van der Waals surface area contributed by atoms with Crippen molar-refractivity contribution >= 4 is 39.4 Å². The summed E-state index contributed by atoms with van der Waals surface area (Å²) in [6, 6.07) is 4.04. The fourth-order valence-corrected chi connectivity index (χ4v) is 3.34. The van der Waals surface area contributed by atoms with E-state index in [1.807, 2.05) is 38.2 Å². The Morgan fingerprint density at radius 1 is 1.20 bits per heavy atom. The Labute approximate surface area is 132 Å². The smallest absolute Gasteiger partial charge is 0.162 e. The third kappa shape index (κ3) is 2.72. The molecular weight excluding hydrogens is 386 g/mol. The molecule has 106 valence electrons. The van der Waals surface area contributed by atoms with Crippen LogP contribution in [0.2, 0.25) is 0 Å². The van der Waals surface area contributed by atoms with E-state index in [1.54, 1.807) is 6.26 Å². The van der Waals surface area contributed by atoms with Gasteiger partial charge in [0.25, 0.3) is 0 Å². The molecule has 7 heteroatoms.